The Morgan fingerprint density at radius 3 is 2.18 bits per heavy atom. The van der Waals surface area contributed by atoms with Crippen molar-refractivity contribution < 1.29 is 14.3 Å². The van der Waals surface area contributed by atoms with Crippen molar-refractivity contribution in [2.75, 3.05) is 36.9 Å². The van der Waals surface area contributed by atoms with E-state index in [4.69, 9.17) is 4.74 Å². The quantitative estimate of drug-likeness (QED) is 0.475. The molecular formula is C28H31N3O3. The predicted octanol–water partition coefficient (Wildman–Crippen LogP) is 4.98. The smallest absolute Gasteiger partial charge is 0.253 e. The molecule has 0 aliphatic carbocycles. The highest BCUT2D eigenvalue weighted by Gasteiger charge is 2.17. The van der Waals surface area contributed by atoms with Gasteiger partial charge in [0.2, 0.25) is 5.91 Å². The number of nitrogens with one attached hydrogen (secondary N) is 2. The SMILES string of the molecule is O=C(CNc1ccc(C(=O)N2CCCCC2)cc1)Nc1ccc(OCCc2ccccc2)cc1. The van der Waals surface area contributed by atoms with Gasteiger partial charge in [0, 0.05) is 36.4 Å². The van der Waals surface area contributed by atoms with Crippen LogP contribution in [0.3, 0.4) is 0 Å². The average Bonchev–Trinajstić information content (AvgIpc) is 2.89. The molecule has 1 aliphatic rings. The Labute approximate surface area is 200 Å². The molecule has 0 atom stereocenters. The first-order valence-electron chi connectivity index (χ1n) is 11.9. The molecule has 1 heterocycles. The maximum atomic E-state index is 12.6. The fourth-order valence-electron chi connectivity index (χ4n) is 3.96. The van der Waals surface area contributed by atoms with E-state index in [9.17, 15) is 9.59 Å². The van der Waals surface area contributed by atoms with Crippen molar-refractivity contribution in [2.24, 2.45) is 0 Å². The molecule has 176 valence electrons. The van der Waals surface area contributed by atoms with Crippen LogP contribution in [0.1, 0.15) is 35.2 Å². The molecular weight excluding hydrogens is 426 g/mol. The molecule has 0 aromatic heterocycles. The molecule has 0 saturated carbocycles. The zero-order valence-corrected chi connectivity index (χ0v) is 19.3. The number of benzene rings is 3. The van der Waals surface area contributed by atoms with Gasteiger partial charge in [-0.25, -0.2) is 0 Å². The molecule has 1 saturated heterocycles. The number of rotatable bonds is 9. The summed E-state index contributed by atoms with van der Waals surface area (Å²) in [7, 11) is 0. The second-order valence-corrected chi connectivity index (χ2v) is 8.44. The summed E-state index contributed by atoms with van der Waals surface area (Å²) >= 11 is 0. The van der Waals surface area contributed by atoms with Crippen LogP contribution >= 0.6 is 0 Å². The number of hydrogen-bond acceptors (Lipinski definition) is 4. The Balaban J connectivity index is 1.19. The lowest BCUT2D eigenvalue weighted by atomic mass is 10.1. The van der Waals surface area contributed by atoms with Crippen LogP contribution in [-0.4, -0.2) is 43.0 Å². The van der Waals surface area contributed by atoms with Crippen LogP contribution in [0.15, 0.2) is 78.9 Å². The second-order valence-electron chi connectivity index (χ2n) is 8.44. The molecule has 2 N–H and O–H groups in total. The summed E-state index contributed by atoms with van der Waals surface area (Å²) in [5.41, 5.74) is 3.43. The summed E-state index contributed by atoms with van der Waals surface area (Å²) in [6, 6.07) is 24.9. The molecule has 1 fully saturated rings. The molecule has 3 aromatic carbocycles. The van der Waals surface area contributed by atoms with Gasteiger partial charge in [0.25, 0.3) is 5.91 Å². The van der Waals surface area contributed by atoms with Crippen LogP contribution in [0.2, 0.25) is 0 Å². The largest absolute Gasteiger partial charge is 0.493 e. The number of likely N-dealkylation sites (tertiary alicyclic amines) is 1. The maximum absolute atomic E-state index is 12.6. The third-order valence-corrected chi connectivity index (χ3v) is 5.87. The summed E-state index contributed by atoms with van der Waals surface area (Å²) in [6.07, 6.45) is 4.19. The van der Waals surface area contributed by atoms with E-state index in [0.29, 0.717) is 17.9 Å². The fraction of sp³-hybridized carbons (Fsp3) is 0.286. The van der Waals surface area contributed by atoms with Crippen molar-refractivity contribution in [2.45, 2.75) is 25.7 Å². The summed E-state index contributed by atoms with van der Waals surface area (Å²) in [4.78, 5) is 26.8. The van der Waals surface area contributed by atoms with E-state index in [1.165, 1.54) is 12.0 Å². The predicted molar refractivity (Wildman–Crippen MR) is 135 cm³/mol. The first-order chi connectivity index (χ1) is 16.7. The molecule has 2 amide bonds. The molecule has 4 rings (SSSR count). The normalized spacial score (nSPS) is 13.2. The molecule has 34 heavy (non-hydrogen) atoms. The summed E-state index contributed by atoms with van der Waals surface area (Å²) < 4.78 is 5.79. The molecule has 0 radical (unpaired) electrons. The minimum atomic E-state index is -0.147. The number of carbonyl (C=O) groups is 2. The van der Waals surface area contributed by atoms with Gasteiger partial charge in [0.1, 0.15) is 5.75 Å². The van der Waals surface area contributed by atoms with Crippen LogP contribution in [0.5, 0.6) is 5.75 Å². The van der Waals surface area contributed by atoms with E-state index in [2.05, 4.69) is 22.8 Å². The van der Waals surface area contributed by atoms with Gasteiger partial charge < -0.3 is 20.3 Å². The lowest BCUT2D eigenvalue weighted by Crippen LogP contribution is -2.35. The van der Waals surface area contributed by atoms with Crippen molar-refractivity contribution in [1.82, 2.24) is 4.90 Å². The summed E-state index contributed by atoms with van der Waals surface area (Å²) in [5.74, 6) is 0.703. The van der Waals surface area contributed by atoms with Crippen LogP contribution in [0, 0.1) is 0 Å². The number of carbonyl (C=O) groups excluding carboxylic acids is 2. The Bertz CT molecular complexity index is 1060. The third kappa shape index (κ3) is 6.85. The van der Waals surface area contributed by atoms with Gasteiger partial charge in [-0.05, 0) is 73.4 Å². The van der Waals surface area contributed by atoms with Gasteiger partial charge in [-0.2, -0.15) is 0 Å². The van der Waals surface area contributed by atoms with E-state index in [-0.39, 0.29) is 18.4 Å². The lowest BCUT2D eigenvalue weighted by molar-refractivity contribution is -0.114. The van der Waals surface area contributed by atoms with Crippen LogP contribution in [0.25, 0.3) is 0 Å². The molecule has 3 aromatic rings. The van der Waals surface area contributed by atoms with E-state index in [1.54, 1.807) is 0 Å². The van der Waals surface area contributed by atoms with Gasteiger partial charge in [-0.3, -0.25) is 9.59 Å². The van der Waals surface area contributed by atoms with Crippen LogP contribution < -0.4 is 15.4 Å². The Morgan fingerprint density at radius 2 is 1.47 bits per heavy atom. The van der Waals surface area contributed by atoms with Gasteiger partial charge in [0.05, 0.1) is 13.2 Å². The zero-order chi connectivity index (χ0) is 23.6. The van der Waals surface area contributed by atoms with Gasteiger partial charge in [-0.15, -0.1) is 0 Å². The summed E-state index contributed by atoms with van der Waals surface area (Å²) in [6.45, 7) is 2.40. The number of piperidine rings is 1. The van der Waals surface area contributed by atoms with Gasteiger partial charge in [-0.1, -0.05) is 30.3 Å². The molecule has 6 heteroatoms. The fourth-order valence-corrected chi connectivity index (χ4v) is 3.96. The van der Waals surface area contributed by atoms with Crippen LogP contribution in [-0.2, 0) is 11.2 Å². The Kier molecular flexibility index (Phi) is 8.17. The first kappa shape index (κ1) is 23.4. The van der Waals surface area contributed by atoms with Crippen molar-refractivity contribution >= 4 is 23.2 Å². The van der Waals surface area contributed by atoms with Crippen LogP contribution in [0.4, 0.5) is 11.4 Å². The Hall–Kier alpha value is -3.80. The minimum Gasteiger partial charge on any atom is -0.493 e. The van der Waals surface area contributed by atoms with E-state index < -0.39 is 0 Å². The lowest BCUT2D eigenvalue weighted by Gasteiger charge is -2.26. The van der Waals surface area contributed by atoms with Gasteiger partial charge >= 0.3 is 0 Å². The Morgan fingerprint density at radius 1 is 0.794 bits per heavy atom. The maximum Gasteiger partial charge on any atom is 0.253 e. The number of hydrogen-bond donors (Lipinski definition) is 2. The van der Waals surface area contributed by atoms with Crippen molar-refractivity contribution in [3.63, 3.8) is 0 Å². The number of amides is 2. The second kappa shape index (κ2) is 11.9. The molecule has 0 bridgehead atoms. The van der Waals surface area contributed by atoms with Crippen molar-refractivity contribution in [3.8, 4) is 5.75 Å². The van der Waals surface area contributed by atoms with Crippen molar-refractivity contribution in [1.29, 1.82) is 0 Å². The monoisotopic (exact) mass is 457 g/mol. The number of nitrogens with zero attached hydrogens (tertiary/aromatic N) is 1. The minimum absolute atomic E-state index is 0.0801. The van der Waals surface area contributed by atoms with E-state index in [1.807, 2.05) is 71.6 Å². The van der Waals surface area contributed by atoms with Crippen molar-refractivity contribution in [3.05, 3.63) is 90.0 Å². The summed E-state index contributed by atoms with van der Waals surface area (Å²) in [5, 5.41) is 5.98. The van der Waals surface area contributed by atoms with E-state index >= 15 is 0 Å². The number of anilines is 2. The number of ether oxygens (including phenoxy) is 1. The van der Waals surface area contributed by atoms with Gasteiger partial charge in [0.15, 0.2) is 0 Å². The first-order valence-corrected chi connectivity index (χ1v) is 11.9. The molecule has 6 nitrogen and oxygen atoms in total. The topological polar surface area (TPSA) is 70.7 Å². The van der Waals surface area contributed by atoms with E-state index in [0.717, 1.165) is 43.8 Å². The molecule has 1 aliphatic heterocycles. The molecule has 0 spiro atoms. The molecule has 0 unspecified atom stereocenters. The average molecular weight is 458 g/mol. The highest BCUT2D eigenvalue weighted by atomic mass is 16.5. The third-order valence-electron chi connectivity index (χ3n) is 5.87. The highest BCUT2D eigenvalue weighted by molar-refractivity contribution is 5.95. The highest BCUT2D eigenvalue weighted by Crippen LogP contribution is 2.17. The zero-order valence-electron chi connectivity index (χ0n) is 19.3. The standard InChI is InChI=1S/C28H31N3O3/c32-27(21-29-24-11-9-23(10-12-24)28(33)31-18-5-2-6-19-31)30-25-13-15-26(16-14-25)34-20-17-22-7-3-1-4-8-22/h1,3-4,7-16,29H,2,5-6,17-21H2,(H,30,32).